The number of carbonyl (C=O) groups excluding carboxylic acids is 1. The van der Waals surface area contributed by atoms with E-state index in [4.69, 9.17) is 4.74 Å². The summed E-state index contributed by atoms with van der Waals surface area (Å²) in [5.74, 6) is 1.47. The van der Waals surface area contributed by atoms with Gasteiger partial charge in [0.05, 0.1) is 5.88 Å². The number of urea groups is 1. The highest BCUT2D eigenvalue weighted by molar-refractivity contribution is 7.99. The first-order valence-corrected chi connectivity index (χ1v) is 9.06. The van der Waals surface area contributed by atoms with E-state index >= 15 is 0 Å². The van der Waals surface area contributed by atoms with E-state index in [1.54, 1.807) is 11.8 Å². The summed E-state index contributed by atoms with van der Waals surface area (Å²) in [6.45, 7) is 13.5. The molecule has 5 nitrogen and oxygen atoms in total. The molecule has 0 aromatic heterocycles. The predicted molar refractivity (Wildman–Crippen MR) is 103 cm³/mol. The summed E-state index contributed by atoms with van der Waals surface area (Å²) in [5.41, 5.74) is 1.69. The van der Waals surface area contributed by atoms with Crippen LogP contribution >= 0.6 is 11.8 Å². The van der Waals surface area contributed by atoms with Crippen LogP contribution < -0.4 is 0 Å². The zero-order valence-electron chi connectivity index (χ0n) is 15.2. The highest BCUT2D eigenvalue weighted by Crippen LogP contribution is 2.18. The number of hydrogen-bond acceptors (Lipinski definition) is 4. The first kappa shape index (κ1) is 20.2. The molecule has 0 bridgehead atoms. The monoisotopic (exact) mass is 349 g/mol. The Morgan fingerprint density at radius 3 is 2.42 bits per heavy atom. The van der Waals surface area contributed by atoms with E-state index in [1.165, 1.54) is 10.5 Å². The van der Waals surface area contributed by atoms with Crippen LogP contribution in [0.5, 0.6) is 0 Å². The molecule has 0 heterocycles. The minimum Gasteiger partial charge on any atom is -0.460 e. The summed E-state index contributed by atoms with van der Waals surface area (Å²) in [7, 11) is 0. The minimum absolute atomic E-state index is 0.279. The number of aliphatic imine (C=N–C) groups is 2. The Bertz CT molecular complexity index is 577. The van der Waals surface area contributed by atoms with Crippen molar-refractivity contribution in [3.8, 4) is 0 Å². The minimum atomic E-state index is -0.513. The van der Waals surface area contributed by atoms with Crippen molar-refractivity contribution in [3.05, 3.63) is 35.4 Å². The molecule has 0 aliphatic rings. The zero-order valence-corrected chi connectivity index (χ0v) is 16.0. The molecule has 0 saturated carbocycles. The lowest BCUT2D eigenvalue weighted by atomic mass is 10.1. The fourth-order valence-corrected chi connectivity index (χ4v) is 2.32. The number of amidine groups is 1. The van der Waals surface area contributed by atoms with Crippen molar-refractivity contribution >= 4 is 30.5 Å². The number of ether oxygens (including phenoxy) is 1. The Morgan fingerprint density at radius 1 is 1.29 bits per heavy atom. The molecule has 6 heteroatoms. The zero-order chi connectivity index (χ0) is 18.2. The van der Waals surface area contributed by atoms with Crippen LogP contribution in [0.25, 0.3) is 0 Å². The Balaban J connectivity index is 3.00. The molecule has 0 saturated heterocycles. The van der Waals surface area contributed by atoms with Gasteiger partial charge in [0.2, 0.25) is 0 Å². The largest absolute Gasteiger partial charge is 0.460 e. The molecule has 0 radical (unpaired) electrons. The molecule has 0 N–H and O–H groups in total. The first-order chi connectivity index (χ1) is 11.3. The van der Waals surface area contributed by atoms with Gasteiger partial charge in [-0.3, -0.25) is 0 Å². The molecule has 2 amide bonds. The molecule has 0 aliphatic carbocycles. The fourth-order valence-electron chi connectivity index (χ4n) is 1.93. The van der Waals surface area contributed by atoms with Crippen molar-refractivity contribution in [2.45, 2.75) is 46.8 Å². The molecule has 1 aromatic rings. The van der Waals surface area contributed by atoms with Crippen molar-refractivity contribution in [1.82, 2.24) is 4.90 Å². The molecule has 1 rings (SSSR count). The third kappa shape index (κ3) is 6.35. The fraction of sp³-hybridized carbons (Fsp3) is 0.500. The van der Waals surface area contributed by atoms with Gasteiger partial charge in [0.25, 0.3) is 6.02 Å². The standard InChI is InChI=1S/C18H27N3O2S/c1-7-24-13-20-17(21(16(22)19-6)18(3,4)5)23-12-15-10-8-14(2)9-11-15/h8-11H,6-7,12-13H2,1-5H3/b20-17+. The van der Waals surface area contributed by atoms with E-state index in [-0.39, 0.29) is 6.02 Å². The average Bonchev–Trinajstić information content (AvgIpc) is 2.52. The molecular weight excluding hydrogens is 322 g/mol. The van der Waals surface area contributed by atoms with Crippen LogP contribution in [0.1, 0.15) is 38.8 Å². The van der Waals surface area contributed by atoms with Crippen LogP contribution in [0.2, 0.25) is 0 Å². The van der Waals surface area contributed by atoms with Crippen LogP contribution in [-0.2, 0) is 11.3 Å². The van der Waals surface area contributed by atoms with Gasteiger partial charge in [0, 0.05) is 5.54 Å². The number of benzene rings is 1. The number of nitrogens with zero attached hydrogens (tertiary/aromatic N) is 3. The lowest BCUT2D eigenvalue weighted by Gasteiger charge is -2.33. The van der Waals surface area contributed by atoms with Crippen LogP contribution in [-0.4, -0.2) is 40.8 Å². The third-order valence-electron chi connectivity index (χ3n) is 3.17. The summed E-state index contributed by atoms with van der Waals surface area (Å²) < 4.78 is 5.88. The van der Waals surface area contributed by atoms with Gasteiger partial charge in [-0.1, -0.05) is 36.8 Å². The van der Waals surface area contributed by atoms with Crippen LogP contribution in [0.15, 0.2) is 34.3 Å². The number of hydrogen-bond donors (Lipinski definition) is 0. The lowest BCUT2D eigenvalue weighted by molar-refractivity contribution is 0.161. The molecule has 0 spiro atoms. The Kier molecular flexibility index (Phi) is 7.98. The second-order valence-electron chi connectivity index (χ2n) is 6.28. The van der Waals surface area contributed by atoms with Gasteiger partial charge in [-0.2, -0.15) is 0 Å². The van der Waals surface area contributed by atoms with Crippen molar-refractivity contribution in [2.24, 2.45) is 9.98 Å². The highest BCUT2D eigenvalue weighted by atomic mass is 32.2. The van der Waals surface area contributed by atoms with E-state index in [1.807, 2.05) is 52.0 Å². The number of aryl methyl sites for hydroxylation is 1. The SMILES string of the molecule is C=NC(=O)N(/C(=N\CSCC)OCc1ccc(C)cc1)C(C)(C)C. The van der Waals surface area contributed by atoms with Crippen LogP contribution in [0, 0.1) is 6.92 Å². The van der Waals surface area contributed by atoms with Crippen LogP contribution in [0.3, 0.4) is 0 Å². The maximum Gasteiger partial charge on any atom is 0.351 e. The molecule has 1 aromatic carbocycles. The molecule has 0 unspecified atom stereocenters. The molecule has 0 atom stereocenters. The predicted octanol–water partition coefficient (Wildman–Crippen LogP) is 4.50. The number of thioether (sulfide) groups is 1. The quantitative estimate of drug-likeness (QED) is 0.447. The van der Waals surface area contributed by atoms with Crippen molar-refractivity contribution in [1.29, 1.82) is 0 Å². The van der Waals surface area contributed by atoms with Crippen molar-refractivity contribution < 1.29 is 9.53 Å². The summed E-state index contributed by atoms with van der Waals surface area (Å²) in [5, 5.41) is 0. The average molecular weight is 350 g/mol. The van der Waals surface area contributed by atoms with Gasteiger partial charge >= 0.3 is 6.03 Å². The summed E-state index contributed by atoms with van der Waals surface area (Å²) in [6.07, 6.45) is 0. The Hall–Kier alpha value is -1.82. The maximum atomic E-state index is 12.2. The number of amides is 2. The van der Waals surface area contributed by atoms with Gasteiger partial charge in [0.15, 0.2) is 0 Å². The molecule has 0 fully saturated rings. The maximum absolute atomic E-state index is 12.2. The number of carbonyl (C=O) groups is 1. The topological polar surface area (TPSA) is 54.3 Å². The van der Waals surface area contributed by atoms with Crippen molar-refractivity contribution in [3.63, 3.8) is 0 Å². The molecule has 0 aliphatic heterocycles. The van der Waals surface area contributed by atoms with E-state index in [0.717, 1.165) is 11.3 Å². The van der Waals surface area contributed by atoms with Crippen LogP contribution in [0.4, 0.5) is 4.79 Å². The normalized spacial score (nSPS) is 12.0. The first-order valence-electron chi connectivity index (χ1n) is 7.91. The molecular formula is C18H27N3O2S. The van der Waals surface area contributed by atoms with Gasteiger partial charge in [0.1, 0.15) is 6.61 Å². The third-order valence-corrected chi connectivity index (χ3v) is 3.89. The lowest BCUT2D eigenvalue weighted by Crippen LogP contribution is -2.49. The number of rotatable bonds is 5. The van der Waals surface area contributed by atoms with Gasteiger partial charge < -0.3 is 4.74 Å². The Labute approximate surface area is 149 Å². The van der Waals surface area contributed by atoms with Gasteiger partial charge in [-0.05, 0) is 45.7 Å². The van der Waals surface area contributed by atoms with E-state index in [9.17, 15) is 4.79 Å². The smallest absolute Gasteiger partial charge is 0.351 e. The van der Waals surface area contributed by atoms with E-state index in [0.29, 0.717) is 12.5 Å². The summed E-state index contributed by atoms with van der Waals surface area (Å²) in [6, 6.07) is 7.87. The van der Waals surface area contributed by atoms with E-state index < -0.39 is 11.6 Å². The molecule has 24 heavy (non-hydrogen) atoms. The molecule has 132 valence electrons. The Morgan fingerprint density at radius 2 is 1.92 bits per heavy atom. The van der Waals surface area contributed by atoms with Gasteiger partial charge in [-0.25, -0.2) is 19.7 Å². The van der Waals surface area contributed by atoms with Gasteiger partial charge in [-0.15, -0.1) is 11.8 Å². The highest BCUT2D eigenvalue weighted by Gasteiger charge is 2.32. The van der Waals surface area contributed by atoms with Crippen molar-refractivity contribution in [2.75, 3.05) is 11.6 Å². The summed E-state index contributed by atoms with van der Waals surface area (Å²) in [4.78, 5) is 21.7. The van der Waals surface area contributed by atoms with E-state index in [2.05, 4.69) is 23.6 Å². The second kappa shape index (κ2) is 9.47. The summed E-state index contributed by atoms with van der Waals surface area (Å²) >= 11 is 1.66. The second-order valence-corrected chi connectivity index (χ2v) is 7.53.